The van der Waals surface area contributed by atoms with Crippen molar-refractivity contribution in [2.75, 3.05) is 26.8 Å². The normalized spacial score (nSPS) is 16.2. The molecule has 1 atom stereocenters. The van der Waals surface area contributed by atoms with Crippen LogP contribution in [-0.4, -0.2) is 47.6 Å². The van der Waals surface area contributed by atoms with Crippen LogP contribution in [0.4, 0.5) is 4.39 Å². The molecule has 0 saturated carbocycles. The van der Waals surface area contributed by atoms with Crippen molar-refractivity contribution in [2.24, 2.45) is 0 Å². The highest BCUT2D eigenvalue weighted by molar-refractivity contribution is 5.76. The number of hydrogen-bond acceptors (Lipinski definition) is 5. The zero-order valence-corrected chi connectivity index (χ0v) is 17.3. The first-order valence-corrected chi connectivity index (χ1v) is 10.2. The highest BCUT2D eigenvalue weighted by atomic mass is 19.1. The number of carbonyl (C=O) groups excluding carboxylic acids is 1. The second-order valence-corrected chi connectivity index (χ2v) is 7.39. The Bertz CT molecular complexity index is 1040. The quantitative estimate of drug-likeness (QED) is 0.605. The highest BCUT2D eigenvalue weighted by Crippen LogP contribution is 2.24. The van der Waals surface area contributed by atoms with Gasteiger partial charge in [0.05, 0.1) is 44.0 Å². The van der Waals surface area contributed by atoms with Gasteiger partial charge >= 0.3 is 0 Å². The molecule has 2 heterocycles. The predicted octanol–water partition coefficient (Wildman–Crippen LogP) is 3.82. The fraction of sp³-hybridized carbons (Fsp3) is 0.292. The van der Waals surface area contributed by atoms with E-state index in [1.807, 2.05) is 29.2 Å². The molecule has 2 aromatic carbocycles. The summed E-state index contributed by atoms with van der Waals surface area (Å²) in [6.07, 6.45) is 3.96. The molecule has 0 N–H and O–H groups in total. The first-order valence-electron chi connectivity index (χ1n) is 10.2. The number of carbonyl (C=O) groups is 1. The van der Waals surface area contributed by atoms with Crippen LogP contribution in [0.5, 0.6) is 5.75 Å². The van der Waals surface area contributed by atoms with Gasteiger partial charge in [-0.3, -0.25) is 9.78 Å². The number of amides is 1. The maximum absolute atomic E-state index is 13.6. The minimum Gasteiger partial charge on any atom is -0.497 e. The van der Waals surface area contributed by atoms with Crippen molar-refractivity contribution in [3.63, 3.8) is 0 Å². The molecule has 1 fully saturated rings. The van der Waals surface area contributed by atoms with Gasteiger partial charge in [-0.25, -0.2) is 9.37 Å². The first kappa shape index (κ1) is 20.9. The molecule has 0 bridgehead atoms. The number of rotatable bonds is 6. The minimum atomic E-state index is -0.361. The van der Waals surface area contributed by atoms with Crippen LogP contribution >= 0.6 is 0 Å². The Morgan fingerprint density at radius 1 is 1.23 bits per heavy atom. The van der Waals surface area contributed by atoms with Gasteiger partial charge < -0.3 is 14.4 Å². The van der Waals surface area contributed by atoms with E-state index in [0.29, 0.717) is 49.5 Å². The first-order chi connectivity index (χ1) is 15.1. The number of benzene rings is 2. The van der Waals surface area contributed by atoms with Gasteiger partial charge in [0.15, 0.2) is 0 Å². The molecular weight excluding hydrogens is 397 g/mol. The fourth-order valence-electron chi connectivity index (χ4n) is 3.58. The molecular formula is C24H24FN3O3. The van der Waals surface area contributed by atoms with Crippen LogP contribution in [0.2, 0.25) is 0 Å². The van der Waals surface area contributed by atoms with Crippen molar-refractivity contribution in [1.82, 2.24) is 14.9 Å². The van der Waals surface area contributed by atoms with E-state index in [1.165, 1.54) is 12.1 Å². The molecule has 1 aromatic heterocycles. The number of morpholine rings is 1. The van der Waals surface area contributed by atoms with Gasteiger partial charge in [-0.2, -0.15) is 0 Å². The summed E-state index contributed by atoms with van der Waals surface area (Å²) >= 11 is 0. The van der Waals surface area contributed by atoms with E-state index in [2.05, 4.69) is 9.97 Å². The lowest BCUT2D eigenvalue weighted by molar-refractivity contribution is -0.139. The van der Waals surface area contributed by atoms with Crippen LogP contribution in [0.15, 0.2) is 60.9 Å². The monoisotopic (exact) mass is 421 g/mol. The minimum absolute atomic E-state index is 0.0818. The van der Waals surface area contributed by atoms with Crippen LogP contribution in [0, 0.1) is 5.82 Å². The fourth-order valence-corrected chi connectivity index (χ4v) is 3.58. The molecule has 1 aliphatic heterocycles. The Hall–Kier alpha value is -3.32. The lowest BCUT2D eigenvalue weighted by Gasteiger charge is -2.32. The van der Waals surface area contributed by atoms with Gasteiger partial charge in [0.25, 0.3) is 0 Å². The molecule has 31 heavy (non-hydrogen) atoms. The van der Waals surface area contributed by atoms with E-state index in [9.17, 15) is 9.18 Å². The number of nitrogens with zero attached hydrogens (tertiary/aromatic N) is 3. The number of hydrogen-bond donors (Lipinski definition) is 0. The second-order valence-electron chi connectivity index (χ2n) is 7.39. The van der Waals surface area contributed by atoms with Gasteiger partial charge in [0, 0.05) is 18.5 Å². The van der Waals surface area contributed by atoms with Crippen LogP contribution in [-0.2, 0) is 16.0 Å². The van der Waals surface area contributed by atoms with Crippen LogP contribution < -0.4 is 4.74 Å². The van der Waals surface area contributed by atoms with Crippen molar-refractivity contribution in [1.29, 1.82) is 0 Å². The topological polar surface area (TPSA) is 64.5 Å². The molecule has 3 aromatic rings. The molecule has 0 spiro atoms. The maximum atomic E-state index is 13.6. The summed E-state index contributed by atoms with van der Waals surface area (Å²) in [5, 5.41) is 0. The summed E-state index contributed by atoms with van der Waals surface area (Å²) in [5.41, 5.74) is 2.95. The average molecular weight is 421 g/mol. The summed E-state index contributed by atoms with van der Waals surface area (Å²) in [7, 11) is 1.63. The molecule has 1 aliphatic rings. The van der Waals surface area contributed by atoms with Crippen molar-refractivity contribution in [3.05, 3.63) is 78.0 Å². The number of methoxy groups -OCH3 is 1. The van der Waals surface area contributed by atoms with Crippen LogP contribution in [0.25, 0.3) is 11.3 Å². The third-order valence-corrected chi connectivity index (χ3v) is 5.31. The lowest BCUT2D eigenvalue weighted by atomic mass is 10.1. The molecule has 4 rings (SSSR count). The van der Waals surface area contributed by atoms with E-state index in [0.717, 1.165) is 11.3 Å². The van der Waals surface area contributed by atoms with Crippen molar-refractivity contribution in [2.45, 2.75) is 18.9 Å². The third kappa shape index (κ3) is 5.24. The standard InChI is InChI=1S/C24H24FN3O3/c1-30-20-8-5-17(6-9-20)7-10-24(29)28-11-12-31-23(16-28)22-15-26-14-21(27-22)18-3-2-4-19(25)13-18/h2-6,8-9,13-15,23H,7,10-12,16H2,1H3/t23-/m1/s1. The van der Waals surface area contributed by atoms with Gasteiger partial charge in [-0.05, 0) is 36.2 Å². The van der Waals surface area contributed by atoms with Crippen molar-refractivity contribution < 1.29 is 18.7 Å². The summed E-state index contributed by atoms with van der Waals surface area (Å²) in [5.74, 6) is 0.554. The van der Waals surface area contributed by atoms with E-state index >= 15 is 0 Å². The Balaban J connectivity index is 1.40. The number of ether oxygens (including phenoxy) is 2. The average Bonchev–Trinajstić information content (AvgIpc) is 2.83. The van der Waals surface area contributed by atoms with Crippen molar-refractivity contribution in [3.8, 4) is 17.0 Å². The second kappa shape index (κ2) is 9.66. The lowest BCUT2D eigenvalue weighted by Crippen LogP contribution is -2.42. The third-order valence-electron chi connectivity index (χ3n) is 5.31. The largest absolute Gasteiger partial charge is 0.497 e. The molecule has 0 unspecified atom stereocenters. The molecule has 6 nitrogen and oxygen atoms in total. The number of halogens is 1. The zero-order valence-electron chi connectivity index (χ0n) is 17.3. The van der Waals surface area contributed by atoms with Crippen LogP contribution in [0.1, 0.15) is 23.8 Å². The summed E-state index contributed by atoms with van der Waals surface area (Å²) < 4.78 is 24.6. The smallest absolute Gasteiger partial charge is 0.223 e. The molecule has 7 heteroatoms. The summed E-state index contributed by atoms with van der Waals surface area (Å²) in [6.45, 7) is 1.41. The van der Waals surface area contributed by atoms with Crippen molar-refractivity contribution >= 4 is 5.91 Å². The zero-order chi connectivity index (χ0) is 21.6. The Morgan fingerprint density at radius 3 is 2.84 bits per heavy atom. The van der Waals surface area contributed by atoms with E-state index in [1.54, 1.807) is 31.6 Å². The van der Waals surface area contributed by atoms with Gasteiger partial charge in [-0.1, -0.05) is 24.3 Å². The SMILES string of the molecule is COc1ccc(CCC(=O)N2CCO[C@@H](c3cncc(-c4cccc(F)c4)n3)C2)cc1. The number of aryl methyl sites for hydroxylation is 1. The molecule has 0 aliphatic carbocycles. The van der Waals surface area contributed by atoms with E-state index < -0.39 is 0 Å². The van der Waals surface area contributed by atoms with E-state index in [4.69, 9.17) is 9.47 Å². The van der Waals surface area contributed by atoms with Gasteiger partial charge in [0.1, 0.15) is 17.7 Å². The van der Waals surface area contributed by atoms with E-state index in [-0.39, 0.29) is 17.8 Å². The molecule has 1 amide bonds. The Labute approximate surface area is 180 Å². The molecule has 1 saturated heterocycles. The van der Waals surface area contributed by atoms with Gasteiger partial charge in [0.2, 0.25) is 5.91 Å². The Kier molecular flexibility index (Phi) is 6.52. The summed E-state index contributed by atoms with van der Waals surface area (Å²) in [4.78, 5) is 23.4. The maximum Gasteiger partial charge on any atom is 0.223 e. The molecule has 160 valence electrons. The summed E-state index contributed by atoms with van der Waals surface area (Å²) in [6, 6.07) is 14.0. The highest BCUT2D eigenvalue weighted by Gasteiger charge is 2.26. The van der Waals surface area contributed by atoms with Crippen LogP contribution in [0.3, 0.4) is 0 Å². The molecule has 0 radical (unpaired) electrons. The Morgan fingerprint density at radius 2 is 2.06 bits per heavy atom. The predicted molar refractivity (Wildman–Crippen MR) is 114 cm³/mol. The van der Waals surface area contributed by atoms with Gasteiger partial charge in [-0.15, -0.1) is 0 Å². The number of aromatic nitrogens is 2.